The molecular formula is C19H24ClNO3. The minimum atomic E-state index is -0.601. The molecule has 0 aliphatic heterocycles. The van der Waals surface area contributed by atoms with Crippen LogP contribution >= 0.6 is 11.6 Å². The summed E-state index contributed by atoms with van der Waals surface area (Å²) in [5, 5.41) is 3.62. The summed E-state index contributed by atoms with van der Waals surface area (Å²) >= 11 is 5.93. The summed E-state index contributed by atoms with van der Waals surface area (Å²) in [7, 11) is 0. The highest BCUT2D eigenvalue weighted by Gasteiger charge is 2.47. The first-order chi connectivity index (χ1) is 11.6. The standard InChI is InChI=1S/C19H24ClNO3/c20-15-9-7-14(8-10-15)19(11-4-12-19)18(23)24-13-17(22)21-16-5-2-1-3-6-16/h7-10,16H,1-6,11-13H2,(H,21,22). The molecule has 2 fully saturated rings. The minimum absolute atomic E-state index is 0.190. The Kier molecular flexibility index (Phi) is 5.44. The Bertz CT molecular complexity index is 589. The van der Waals surface area contributed by atoms with Gasteiger partial charge in [-0.15, -0.1) is 0 Å². The molecule has 4 nitrogen and oxygen atoms in total. The highest BCUT2D eigenvalue weighted by Crippen LogP contribution is 2.45. The van der Waals surface area contributed by atoms with Crippen LogP contribution in [-0.2, 0) is 19.7 Å². The SMILES string of the molecule is O=C(COC(=O)C1(c2ccc(Cl)cc2)CCC1)NC1CCCCC1. The third kappa shape index (κ3) is 3.75. The number of amides is 1. The molecular weight excluding hydrogens is 326 g/mol. The van der Waals surface area contributed by atoms with Gasteiger partial charge in [0.2, 0.25) is 0 Å². The number of carbonyl (C=O) groups excluding carboxylic acids is 2. The third-order valence-corrected chi connectivity index (χ3v) is 5.55. The Morgan fingerprint density at radius 1 is 1.08 bits per heavy atom. The van der Waals surface area contributed by atoms with E-state index in [9.17, 15) is 9.59 Å². The fourth-order valence-electron chi connectivity index (χ4n) is 3.70. The van der Waals surface area contributed by atoms with E-state index < -0.39 is 5.41 Å². The Balaban J connectivity index is 1.55. The summed E-state index contributed by atoms with van der Waals surface area (Å²) in [5.74, 6) is -0.490. The van der Waals surface area contributed by atoms with Crippen molar-refractivity contribution >= 4 is 23.5 Å². The molecule has 1 amide bonds. The molecule has 0 heterocycles. The minimum Gasteiger partial charge on any atom is -0.455 e. The summed E-state index contributed by atoms with van der Waals surface area (Å²) in [6.45, 7) is -0.190. The van der Waals surface area contributed by atoms with E-state index in [-0.39, 0.29) is 24.5 Å². The molecule has 1 aromatic rings. The topological polar surface area (TPSA) is 55.4 Å². The first-order valence-electron chi connectivity index (χ1n) is 8.83. The van der Waals surface area contributed by atoms with E-state index in [2.05, 4.69) is 5.32 Å². The fraction of sp³-hybridized carbons (Fsp3) is 0.579. The molecule has 5 heteroatoms. The van der Waals surface area contributed by atoms with E-state index in [0.717, 1.165) is 50.5 Å². The third-order valence-electron chi connectivity index (χ3n) is 5.30. The molecule has 0 spiro atoms. The highest BCUT2D eigenvalue weighted by atomic mass is 35.5. The summed E-state index contributed by atoms with van der Waals surface area (Å²) in [6.07, 6.45) is 8.12. The maximum absolute atomic E-state index is 12.6. The van der Waals surface area contributed by atoms with Gasteiger partial charge in [0.1, 0.15) is 0 Å². The number of ether oxygens (including phenoxy) is 1. The van der Waals surface area contributed by atoms with Gasteiger partial charge in [0.25, 0.3) is 5.91 Å². The van der Waals surface area contributed by atoms with Gasteiger partial charge < -0.3 is 10.1 Å². The molecule has 130 valence electrons. The van der Waals surface area contributed by atoms with Gasteiger partial charge in [-0.3, -0.25) is 9.59 Å². The molecule has 1 aromatic carbocycles. The largest absolute Gasteiger partial charge is 0.455 e. The smallest absolute Gasteiger partial charge is 0.317 e. The van der Waals surface area contributed by atoms with Gasteiger partial charge in [-0.25, -0.2) is 0 Å². The molecule has 0 radical (unpaired) electrons. The number of halogens is 1. The van der Waals surface area contributed by atoms with E-state index in [4.69, 9.17) is 16.3 Å². The number of hydrogen-bond acceptors (Lipinski definition) is 3. The molecule has 2 aliphatic rings. The van der Waals surface area contributed by atoms with Crippen LogP contribution in [0.5, 0.6) is 0 Å². The van der Waals surface area contributed by atoms with Crippen molar-refractivity contribution in [3.05, 3.63) is 34.9 Å². The quantitative estimate of drug-likeness (QED) is 0.823. The predicted molar refractivity (Wildman–Crippen MR) is 93.0 cm³/mol. The lowest BCUT2D eigenvalue weighted by molar-refractivity contribution is -0.158. The molecule has 0 saturated heterocycles. The van der Waals surface area contributed by atoms with Crippen LogP contribution in [0.15, 0.2) is 24.3 Å². The van der Waals surface area contributed by atoms with Gasteiger partial charge >= 0.3 is 5.97 Å². The number of benzene rings is 1. The van der Waals surface area contributed by atoms with Crippen LogP contribution < -0.4 is 5.32 Å². The van der Waals surface area contributed by atoms with Crippen molar-refractivity contribution in [2.24, 2.45) is 0 Å². The zero-order valence-corrected chi connectivity index (χ0v) is 14.6. The second-order valence-electron chi connectivity index (χ2n) is 6.92. The Labute approximate surface area is 147 Å². The van der Waals surface area contributed by atoms with Crippen LogP contribution in [0.2, 0.25) is 5.02 Å². The van der Waals surface area contributed by atoms with Crippen molar-refractivity contribution in [2.45, 2.75) is 62.8 Å². The second-order valence-corrected chi connectivity index (χ2v) is 7.36. The van der Waals surface area contributed by atoms with Crippen molar-refractivity contribution in [1.29, 1.82) is 0 Å². The van der Waals surface area contributed by atoms with Gasteiger partial charge in [-0.2, -0.15) is 0 Å². The molecule has 2 saturated carbocycles. The molecule has 3 rings (SSSR count). The summed E-state index contributed by atoms with van der Waals surface area (Å²) < 4.78 is 5.35. The lowest BCUT2D eigenvalue weighted by atomic mass is 9.64. The van der Waals surface area contributed by atoms with Crippen LogP contribution in [0.3, 0.4) is 0 Å². The van der Waals surface area contributed by atoms with Crippen LogP contribution in [0.1, 0.15) is 56.9 Å². The predicted octanol–water partition coefficient (Wildman–Crippen LogP) is 3.75. The maximum Gasteiger partial charge on any atom is 0.317 e. The number of nitrogens with one attached hydrogen (secondary N) is 1. The molecule has 24 heavy (non-hydrogen) atoms. The zero-order valence-electron chi connectivity index (χ0n) is 13.9. The summed E-state index contributed by atoms with van der Waals surface area (Å²) in [5.41, 5.74) is 0.325. The average molecular weight is 350 g/mol. The first kappa shape index (κ1) is 17.3. The van der Waals surface area contributed by atoms with E-state index >= 15 is 0 Å². The summed E-state index contributed by atoms with van der Waals surface area (Å²) in [6, 6.07) is 7.58. The van der Waals surface area contributed by atoms with E-state index in [0.29, 0.717) is 5.02 Å². The second kappa shape index (κ2) is 7.56. The fourth-order valence-corrected chi connectivity index (χ4v) is 3.82. The molecule has 0 atom stereocenters. The zero-order chi connectivity index (χ0) is 17.0. The lowest BCUT2D eigenvalue weighted by Crippen LogP contribution is -2.45. The monoisotopic (exact) mass is 349 g/mol. The van der Waals surface area contributed by atoms with Crippen LogP contribution in [0.25, 0.3) is 0 Å². The number of esters is 1. The van der Waals surface area contributed by atoms with Crippen molar-refractivity contribution in [3.63, 3.8) is 0 Å². The normalized spacial score (nSPS) is 20.0. The molecule has 0 unspecified atom stereocenters. The lowest BCUT2D eigenvalue weighted by Gasteiger charge is -2.39. The molecule has 2 aliphatic carbocycles. The van der Waals surface area contributed by atoms with Gasteiger partial charge in [0.15, 0.2) is 6.61 Å². The molecule has 0 bridgehead atoms. The van der Waals surface area contributed by atoms with Gasteiger partial charge in [0.05, 0.1) is 5.41 Å². The first-order valence-corrected chi connectivity index (χ1v) is 9.21. The Morgan fingerprint density at radius 2 is 1.75 bits per heavy atom. The Hall–Kier alpha value is -1.55. The number of rotatable bonds is 5. The van der Waals surface area contributed by atoms with Crippen molar-refractivity contribution in [3.8, 4) is 0 Å². The van der Waals surface area contributed by atoms with Crippen LogP contribution in [0, 0.1) is 0 Å². The van der Waals surface area contributed by atoms with Crippen molar-refractivity contribution < 1.29 is 14.3 Å². The molecule has 1 N–H and O–H groups in total. The maximum atomic E-state index is 12.6. The Morgan fingerprint density at radius 3 is 2.33 bits per heavy atom. The van der Waals surface area contributed by atoms with Gasteiger partial charge in [-0.05, 0) is 43.4 Å². The van der Waals surface area contributed by atoms with Crippen molar-refractivity contribution in [1.82, 2.24) is 5.32 Å². The van der Waals surface area contributed by atoms with Crippen molar-refractivity contribution in [2.75, 3.05) is 6.61 Å². The van der Waals surface area contributed by atoms with E-state index in [1.165, 1.54) is 6.42 Å². The number of hydrogen-bond donors (Lipinski definition) is 1. The van der Waals surface area contributed by atoms with Crippen LogP contribution in [-0.4, -0.2) is 24.5 Å². The van der Waals surface area contributed by atoms with Gasteiger partial charge in [-0.1, -0.05) is 49.4 Å². The van der Waals surface area contributed by atoms with Crippen LogP contribution in [0.4, 0.5) is 0 Å². The summed E-state index contributed by atoms with van der Waals surface area (Å²) in [4.78, 5) is 24.6. The molecule has 0 aromatic heterocycles. The highest BCUT2D eigenvalue weighted by molar-refractivity contribution is 6.30. The van der Waals surface area contributed by atoms with E-state index in [1.807, 2.05) is 12.1 Å². The average Bonchev–Trinajstić information content (AvgIpc) is 2.54. The van der Waals surface area contributed by atoms with E-state index in [1.54, 1.807) is 12.1 Å². The number of carbonyl (C=O) groups is 2. The van der Waals surface area contributed by atoms with Gasteiger partial charge in [0, 0.05) is 11.1 Å².